The lowest BCUT2D eigenvalue weighted by atomic mass is 10.0. The zero-order valence-corrected chi connectivity index (χ0v) is 21.7. The highest BCUT2D eigenvalue weighted by atomic mass is 32.2. The Morgan fingerprint density at radius 2 is 1.82 bits per heavy atom. The summed E-state index contributed by atoms with van der Waals surface area (Å²) in [5, 5.41) is 16.5. The van der Waals surface area contributed by atoms with Crippen LogP contribution >= 0.6 is 34.4 Å². The number of nitrogens with one attached hydrogen (secondary N) is 1. The van der Waals surface area contributed by atoms with E-state index in [9.17, 15) is 9.59 Å². The fourth-order valence-corrected chi connectivity index (χ4v) is 5.94. The van der Waals surface area contributed by atoms with Gasteiger partial charge in [0.2, 0.25) is 5.91 Å². The number of aryl methyl sites for hydroxylation is 1. The summed E-state index contributed by atoms with van der Waals surface area (Å²) in [5.41, 5.74) is 4.25. The Hall–Kier alpha value is -2.95. The number of anilines is 1. The first-order chi connectivity index (χ1) is 16.4. The Balaban J connectivity index is 1.49. The topological polar surface area (TPSA) is 86.1 Å². The number of hydrogen-bond donors (Lipinski definition) is 1. The summed E-state index contributed by atoms with van der Waals surface area (Å²) < 4.78 is 7.16. The van der Waals surface area contributed by atoms with Gasteiger partial charge in [0.1, 0.15) is 10.6 Å². The summed E-state index contributed by atoms with van der Waals surface area (Å²) >= 11 is 4.29. The molecule has 0 unspecified atom stereocenters. The molecule has 34 heavy (non-hydrogen) atoms. The number of carbonyl (C=O) groups excluding carboxylic acids is 2. The van der Waals surface area contributed by atoms with Gasteiger partial charge >= 0.3 is 5.97 Å². The van der Waals surface area contributed by atoms with Crippen LogP contribution in [0.4, 0.5) is 5.00 Å². The number of amides is 1. The van der Waals surface area contributed by atoms with Crippen LogP contribution in [-0.4, -0.2) is 39.0 Å². The second-order valence-corrected chi connectivity index (χ2v) is 10.4. The molecule has 0 spiro atoms. The first-order valence-electron chi connectivity index (χ1n) is 10.6. The molecule has 176 valence electrons. The number of thiophene rings is 2. The van der Waals surface area contributed by atoms with Crippen molar-refractivity contribution in [3.05, 3.63) is 57.1 Å². The number of carbonyl (C=O) groups is 2. The average molecular weight is 513 g/mol. The van der Waals surface area contributed by atoms with Crippen molar-refractivity contribution in [2.45, 2.75) is 25.9 Å². The molecule has 1 amide bonds. The van der Waals surface area contributed by atoms with E-state index in [2.05, 4.69) is 34.7 Å². The van der Waals surface area contributed by atoms with Gasteiger partial charge in [-0.3, -0.25) is 4.79 Å². The number of rotatable bonds is 8. The zero-order chi connectivity index (χ0) is 24.2. The Kier molecular flexibility index (Phi) is 7.50. The van der Waals surface area contributed by atoms with Crippen LogP contribution in [-0.2, 0) is 16.6 Å². The lowest BCUT2D eigenvalue weighted by Crippen LogP contribution is -2.16. The minimum absolute atomic E-state index is 0.133. The second kappa shape index (κ2) is 10.5. The van der Waals surface area contributed by atoms with Crippen molar-refractivity contribution in [3.8, 4) is 22.5 Å². The molecule has 0 saturated heterocycles. The number of aromatic nitrogens is 3. The molecule has 4 rings (SSSR count). The minimum atomic E-state index is -0.454. The van der Waals surface area contributed by atoms with E-state index >= 15 is 0 Å². The Morgan fingerprint density at radius 1 is 1.09 bits per heavy atom. The Bertz CT molecular complexity index is 1320. The highest BCUT2D eigenvalue weighted by molar-refractivity contribution is 7.99. The molecule has 0 radical (unpaired) electrons. The number of nitrogens with zero attached hydrogens (tertiary/aromatic N) is 3. The predicted octanol–water partition coefficient (Wildman–Crippen LogP) is 5.80. The molecular formula is C24H24N4O3S3. The fraction of sp³-hybridized carbons (Fsp3) is 0.250. The lowest BCUT2D eigenvalue weighted by molar-refractivity contribution is -0.113. The van der Waals surface area contributed by atoms with E-state index in [4.69, 9.17) is 4.74 Å². The highest BCUT2D eigenvalue weighted by Crippen LogP contribution is 2.36. The molecular weight excluding hydrogens is 488 g/mol. The van der Waals surface area contributed by atoms with Crippen molar-refractivity contribution < 1.29 is 14.3 Å². The fourth-order valence-electron chi connectivity index (χ4n) is 3.39. The van der Waals surface area contributed by atoms with Gasteiger partial charge in [-0.2, -0.15) is 0 Å². The van der Waals surface area contributed by atoms with E-state index in [0.717, 1.165) is 22.5 Å². The molecule has 4 aromatic rings. The normalized spacial score (nSPS) is 10.9. The maximum atomic E-state index is 12.8. The van der Waals surface area contributed by atoms with Crippen LogP contribution in [0.25, 0.3) is 22.5 Å². The van der Waals surface area contributed by atoms with E-state index in [1.165, 1.54) is 33.5 Å². The quantitative estimate of drug-likeness (QED) is 0.237. The van der Waals surface area contributed by atoms with Gasteiger partial charge in [0.05, 0.1) is 12.4 Å². The van der Waals surface area contributed by atoms with E-state index in [-0.39, 0.29) is 18.3 Å². The molecule has 0 aliphatic heterocycles. The maximum Gasteiger partial charge on any atom is 0.341 e. The molecule has 1 aromatic carbocycles. The highest BCUT2D eigenvalue weighted by Gasteiger charge is 2.23. The lowest BCUT2D eigenvalue weighted by Gasteiger charge is -2.09. The summed E-state index contributed by atoms with van der Waals surface area (Å²) in [6.07, 6.45) is 0. The first-order valence-corrected chi connectivity index (χ1v) is 13.4. The summed E-state index contributed by atoms with van der Waals surface area (Å²) in [7, 11) is 1.90. The number of ether oxygens (including phenoxy) is 1. The largest absolute Gasteiger partial charge is 0.462 e. The first kappa shape index (κ1) is 24.2. The van der Waals surface area contributed by atoms with Crippen molar-refractivity contribution in [1.82, 2.24) is 14.8 Å². The van der Waals surface area contributed by atoms with E-state index in [1.54, 1.807) is 18.3 Å². The van der Waals surface area contributed by atoms with Crippen molar-refractivity contribution in [2.75, 3.05) is 17.7 Å². The van der Waals surface area contributed by atoms with Crippen molar-refractivity contribution in [3.63, 3.8) is 0 Å². The van der Waals surface area contributed by atoms with E-state index in [0.29, 0.717) is 15.7 Å². The second-order valence-electron chi connectivity index (χ2n) is 7.47. The molecule has 0 saturated carbocycles. The smallest absolute Gasteiger partial charge is 0.341 e. The predicted molar refractivity (Wildman–Crippen MR) is 139 cm³/mol. The van der Waals surface area contributed by atoms with Crippen LogP contribution in [0, 0.1) is 13.8 Å². The van der Waals surface area contributed by atoms with Gasteiger partial charge in [0.25, 0.3) is 0 Å². The van der Waals surface area contributed by atoms with Crippen LogP contribution in [0.15, 0.2) is 46.2 Å². The van der Waals surface area contributed by atoms with Gasteiger partial charge in [0, 0.05) is 33.8 Å². The number of benzene rings is 1. The molecule has 3 aromatic heterocycles. The maximum absolute atomic E-state index is 12.8. The van der Waals surface area contributed by atoms with Crippen LogP contribution in [0.2, 0.25) is 0 Å². The molecule has 7 nitrogen and oxygen atoms in total. The number of hydrogen-bond acceptors (Lipinski definition) is 8. The molecule has 0 atom stereocenters. The van der Waals surface area contributed by atoms with Gasteiger partial charge in [-0.25, -0.2) is 4.79 Å². The summed E-state index contributed by atoms with van der Waals surface area (Å²) in [5.74, 6) is 0.225. The summed E-state index contributed by atoms with van der Waals surface area (Å²) in [4.78, 5) is 26.7. The van der Waals surface area contributed by atoms with Crippen molar-refractivity contribution >= 4 is 51.3 Å². The standard InChI is InChI=1S/C24H24N4O3S3/c1-5-31-23(30)20-18(16-9-7-6-8-10-16)12-33-22(20)25-19(29)13-34-24-27-26-21(28(24)4)17-11-32-15(3)14(17)2/h6-12H,5,13H2,1-4H3,(H,25,29). The van der Waals surface area contributed by atoms with Crippen molar-refractivity contribution in [1.29, 1.82) is 0 Å². The average Bonchev–Trinajstić information content (AvgIpc) is 3.51. The van der Waals surface area contributed by atoms with Crippen LogP contribution < -0.4 is 5.32 Å². The van der Waals surface area contributed by atoms with Gasteiger partial charge < -0.3 is 14.6 Å². The Morgan fingerprint density at radius 3 is 2.50 bits per heavy atom. The summed E-state index contributed by atoms with van der Waals surface area (Å²) in [6.45, 7) is 6.17. The van der Waals surface area contributed by atoms with Gasteiger partial charge in [-0.1, -0.05) is 42.1 Å². The number of thioether (sulfide) groups is 1. The third kappa shape index (κ3) is 4.94. The SMILES string of the molecule is CCOC(=O)c1c(-c2ccccc2)csc1NC(=O)CSc1nnc(-c2csc(C)c2C)n1C. The van der Waals surface area contributed by atoms with Gasteiger partial charge in [-0.15, -0.1) is 32.9 Å². The Labute approximate surface area is 210 Å². The van der Waals surface area contributed by atoms with E-state index < -0.39 is 5.97 Å². The van der Waals surface area contributed by atoms with Crippen LogP contribution in [0.1, 0.15) is 27.7 Å². The zero-order valence-electron chi connectivity index (χ0n) is 19.2. The monoisotopic (exact) mass is 512 g/mol. The van der Waals surface area contributed by atoms with Crippen LogP contribution in [0.5, 0.6) is 0 Å². The third-order valence-electron chi connectivity index (χ3n) is 5.30. The van der Waals surface area contributed by atoms with Gasteiger partial charge in [-0.05, 0) is 31.9 Å². The summed E-state index contributed by atoms with van der Waals surface area (Å²) in [6, 6.07) is 9.58. The minimum Gasteiger partial charge on any atom is -0.462 e. The molecule has 3 heterocycles. The molecule has 0 bridgehead atoms. The molecule has 0 aliphatic rings. The molecule has 10 heteroatoms. The molecule has 0 aliphatic carbocycles. The third-order valence-corrected chi connectivity index (χ3v) is 8.23. The van der Waals surface area contributed by atoms with Gasteiger partial charge in [0.15, 0.2) is 11.0 Å². The molecule has 1 N–H and O–H groups in total. The van der Waals surface area contributed by atoms with E-state index in [1.807, 2.05) is 47.3 Å². The number of esters is 1. The molecule has 0 fully saturated rings. The van der Waals surface area contributed by atoms with Crippen LogP contribution in [0.3, 0.4) is 0 Å². The van der Waals surface area contributed by atoms with Crippen molar-refractivity contribution in [2.24, 2.45) is 7.05 Å².